The summed E-state index contributed by atoms with van der Waals surface area (Å²) >= 11 is 0. The molecule has 13 heavy (non-hydrogen) atoms. The average molecular weight is 182 g/mol. The van der Waals surface area contributed by atoms with E-state index in [1.807, 2.05) is 0 Å². The summed E-state index contributed by atoms with van der Waals surface area (Å²) in [5.41, 5.74) is 0. The average Bonchev–Trinajstić information content (AvgIpc) is 2.02. The summed E-state index contributed by atoms with van der Waals surface area (Å²) in [7, 11) is 0. The molecule has 0 atom stereocenters. The molecule has 0 aromatic heterocycles. The van der Waals surface area contributed by atoms with Crippen molar-refractivity contribution in [1.82, 2.24) is 0 Å². The highest BCUT2D eigenvalue weighted by Crippen LogP contribution is 2.22. The number of hydrogen-bond acceptors (Lipinski definition) is 4. The summed E-state index contributed by atoms with van der Waals surface area (Å²) in [6.07, 6.45) is 0.658. The van der Waals surface area contributed by atoms with E-state index in [1.165, 1.54) is 6.92 Å². The van der Waals surface area contributed by atoms with Crippen LogP contribution in [0.3, 0.4) is 0 Å². The lowest BCUT2D eigenvalue weighted by Crippen LogP contribution is -2.38. The van der Waals surface area contributed by atoms with Gasteiger partial charge in [-0.05, 0) is 6.92 Å². The van der Waals surface area contributed by atoms with Crippen molar-refractivity contribution in [3.05, 3.63) is 0 Å². The van der Waals surface area contributed by atoms with E-state index in [1.54, 1.807) is 0 Å². The van der Waals surface area contributed by atoms with E-state index < -0.39 is 29.2 Å². The van der Waals surface area contributed by atoms with Crippen molar-refractivity contribution < 1.29 is 19.2 Å². The minimum absolute atomic E-state index is 0.0273. The highest BCUT2D eigenvalue weighted by Gasteiger charge is 2.37. The van der Waals surface area contributed by atoms with Gasteiger partial charge in [-0.1, -0.05) is 0 Å². The fourth-order valence-corrected chi connectivity index (χ4v) is 1.55. The van der Waals surface area contributed by atoms with Crippen molar-refractivity contribution in [2.75, 3.05) is 0 Å². The molecule has 0 amide bonds. The van der Waals surface area contributed by atoms with Gasteiger partial charge in [0.05, 0.1) is 0 Å². The van der Waals surface area contributed by atoms with Crippen LogP contribution in [-0.4, -0.2) is 23.6 Å². The van der Waals surface area contributed by atoms with Gasteiger partial charge < -0.3 is 4.79 Å². The summed E-state index contributed by atoms with van der Waals surface area (Å²) in [5, 5.41) is 0. The van der Waals surface area contributed by atoms with Crippen molar-refractivity contribution in [3.63, 3.8) is 0 Å². The summed E-state index contributed by atoms with van der Waals surface area (Å²) in [5.74, 6) is -2.87. The zero-order valence-electron chi connectivity index (χ0n) is 7.28. The first kappa shape index (κ1) is 9.77. The molecular weight excluding hydrogens is 172 g/mol. The van der Waals surface area contributed by atoms with Gasteiger partial charge in [0.1, 0.15) is 18.0 Å². The Morgan fingerprint density at radius 2 is 1.77 bits per heavy atom. The molecule has 0 heterocycles. The molecule has 1 saturated carbocycles. The van der Waals surface area contributed by atoms with Gasteiger partial charge in [-0.2, -0.15) is 0 Å². The summed E-state index contributed by atoms with van der Waals surface area (Å²) < 4.78 is 0. The molecule has 4 nitrogen and oxygen atoms in total. The first-order chi connectivity index (χ1) is 6.06. The lowest BCUT2D eigenvalue weighted by Gasteiger charge is -2.20. The van der Waals surface area contributed by atoms with Crippen molar-refractivity contribution in [2.24, 2.45) is 11.8 Å². The van der Waals surface area contributed by atoms with Crippen LogP contribution in [0.25, 0.3) is 0 Å². The lowest BCUT2D eigenvalue weighted by atomic mass is 9.79. The molecule has 1 rings (SSSR count). The molecule has 0 aromatic rings. The molecule has 0 aromatic carbocycles. The molecule has 1 aliphatic carbocycles. The predicted octanol–water partition coefficient (Wildman–Crippen LogP) is -0.0613. The fourth-order valence-electron chi connectivity index (χ4n) is 1.55. The third kappa shape index (κ3) is 1.88. The van der Waals surface area contributed by atoms with Crippen LogP contribution in [-0.2, 0) is 19.2 Å². The van der Waals surface area contributed by atoms with Crippen molar-refractivity contribution in [3.8, 4) is 0 Å². The van der Waals surface area contributed by atoms with Gasteiger partial charge in [-0.3, -0.25) is 14.4 Å². The van der Waals surface area contributed by atoms with Crippen LogP contribution in [0, 0.1) is 11.8 Å². The van der Waals surface area contributed by atoms with E-state index >= 15 is 0 Å². The maximum Gasteiger partial charge on any atom is 0.151 e. The number of Topliss-reactive ketones (excluding diaryl/α,β-unsaturated/α-hetero) is 3. The minimum atomic E-state index is -1.10. The third-order valence-corrected chi connectivity index (χ3v) is 2.17. The second kappa shape index (κ2) is 3.60. The quantitative estimate of drug-likeness (QED) is 0.443. The Morgan fingerprint density at radius 3 is 2.08 bits per heavy atom. The molecule has 0 aliphatic heterocycles. The van der Waals surface area contributed by atoms with Crippen LogP contribution in [0.4, 0.5) is 0 Å². The van der Waals surface area contributed by atoms with Gasteiger partial charge in [-0.25, -0.2) is 0 Å². The Balaban J connectivity index is 2.82. The van der Waals surface area contributed by atoms with Crippen LogP contribution in [0.5, 0.6) is 0 Å². The van der Waals surface area contributed by atoms with Gasteiger partial charge in [0.25, 0.3) is 0 Å². The maximum absolute atomic E-state index is 11.2. The number of hydrogen-bond donors (Lipinski definition) is 0. The standard InChI is InChI=1S/C9H10O4/c1-5(11)9-7(12)2-6(4-10)3-8(9)13/h4,6,9H,2-3H2,1H3. The Bertz CT molecular complexity index is 261. The Hall–Kier alpha value is -1.32. The summed E-state index contributed by atoms with van der Waals surface area (Å²) in [4.78, 5) is 43.7. The van der Waals surface area contributed by atoms with Crippen molar-refractivity contribution >= 4 is 23.6 Å². The van der Waals surface area contributed by atoms with Crippen molar-refractivity contribution in [2.45, 2.75) is 19.8 Å². The molecule has 70 valence electrons. The molecule has 0 N–H and O–H groups in total. The Kier molecular flexibility index (Phi) is 2.70. The normalized spacial score (nSPS) is 28.7. The predicted molar refractivity (Wildman–Crippen MR) is 43.0 cm³/mol. The molecule has 4 heteroatoms. The summed E-state index contributed by atoms with van der Waals surface area (Å²) in [6.45, 7) is 1.22. The second-order valence-electron chi connectivity index (χ2n) is 3.28. The molecule has 0 spiro atoms. The molecular formula is C9H10O4. The zero-order chi connectivity index (χ0) is 10.0. The molecule has 0 bridgehead atoms. The van der Waals surface area contributed by atoms with Gasteiger partial charge in [-0.15, -0.1) is 0 Å². The van der Waals surface area contributed by atoms with Gasteiger partial charge in [0.15, 0.2) is 11.6 Å². The fraction of sp³-hybridized carbons (Fsp3) is 0.556. The van der Waals surface area contributed by atoms with Gasteiger partial charge >= 0.3 is 0 Å². The Labute approximate surface area is 75.3 Å². The lowest BCUT2D eigenvalue weighted by molar-refractivity contribution is -0.144. The molecule has 1 aliphatic rings. The van der Waals surface area contributed by atoms with Crippen LogP contribution in [0.1, 0.15) is 19.8 Å². The number of aldehydes is 1. The molecule has 0 unspecified atom stereocenters. The second-order valence-corrected chi connectivity index (χ2v) is 3.28. The smallest absolute Gasteiger partial charge is 0.151 e. The van der Waals surface area contributed by atoms with Crippen molar-refractivity contribution in [1.29, 1.82) is 0 Å². The monoisotopic (exact) mass is 182 g/mol. The Morgan fingerprint density at radius 1 is 1.31 bits per heavy atom. The van der Waals surface area contributed by atoms with E-state index in [9.17, 15) is 19.2 Å². The number of carbonyl (C=O) groups excluding carboxylic acids is 4. The van der Waals surface area contributed by atoms with Gasteiger partial charge in [0.2, 0.25) is 0 Å². The largest absolute Gasteiger partial charge is 0.303 e. The SMILES string of the molecule is CC(=O)C1C(=O)CC(C=O)CC1=O. The van der Waals surface area contributed by atoms with Crippen LogP contribution < -0.4 is 0 Å². The first-order valence-electron chi connectivity index (χ1n) is 4.07. The van der Waals surface area contributed by atoms with E-state index in [2.05, 4.69) is 0 Å². The van der Waals surface area contributed by atoms with E-state index in [0.29, 0.717) is 6.29 Å². The van der Waals surface area contributed by atoms with E-state index in [0.717, 1.165) is 0 Å². The van der Waals surface area contributed by atoms with Gasteiger partial charge in [0, 0.05) is 18.8 Å². The topological polar surface area (TPSA) is 68.3 Å². The van der Waals surface area contributed by atoms with E-state index in [4.69, 9.17) is 0 Å². The van der Waals surface area contributed by atoms with Crippen LogP contribution in [0.2, 0.25) is 0 Å². The highest BCUT2D eigenvalue weighted by atomic mass is 16.2. The summed E-state index contributed by atoms with van der Waals surface area (Å²) in [6, 6.07) is 0. The maximum atomic E-state index is 11.2. The van der Waals surface area contributed by atoms with Crippen LogP contribution >= 0.6 is 0 Å². The van der Waals surface area contributed by atoms with Crippen LogP contribution in [0.15, 0.2) is 0 Å². The molecule has 0 radical (unpaired) electrons. The molecule has 1 fully saturated rings. The highest BCUT2D eigenvalue weighted by molar-refractivity contribution is 6.20. The molecule has 0 saturated heterocycles. The zero-order valence-corrected chi connectivity index (χ0v) is 7.28. The minimum Gasteiger partial charge on any atom is -0.303 e. The first-order valence-corrected chi connectivity index (χ1v) is 4.07. The van der Waals surface area contributed by atoms with E-state index in [-0.39, 0.29) is 12.8 Å². The number of carbonyl (C=O) groups is 4. The number of ketones is 3. The third-order valence-electron chi connectivity index (χ3n) is 2.17. The number of rotatable bonds is 2.